The Balaban J connectivity index is 2.15. The minimum absolute atomic E-state index is 0.0872. The first-order valence-electron chi connectivity index (χ1n) is 16.7. The molecule has 2 aliphatic carbocycles. The lowest BCUT2D eigenvalue weighted by atomic mass is 9.51. The fourth-order valence-corrected chi connectivity index (χ4v) is 7.63. The van der Waals surface area contributed by atoms with E-state index in [1.54, 1.807) is 13.8 Å². The third kappa shape index (κ3) is 7.66. The Hall–Kier alpha value is -4.31. The number of ether oxygens (including phenoxy) is 8. The van der Waals surface area contributed by atoms with Crippen molar-refractivity contribution in [3.63, 3.8) is 0 Å². The first kappa shape index (κ1) is 39.5. The standard InChI is InChI=1S/C35H46O16/c1-16(2)12-26(41)51-27-29(47-20(6)38)33(9)24(46-19(5)37)11-10-23(14-44-18(4)36)13-25-35(43,17(3)32(42)50-25)31(49-22(8)40)28(33)34(15-45-34)30(27)48-21(7)39/h10-11,13,16-17,24-25,27-31,43H,12,14-15H2,1-9H3/b11-10-,23-13+/t17-,24-,25-,27+,28+,29-,30+,31-,33+,34-,35-/m0/s1. The summed E-state index contributed by atoms with van der Waals surface area (Å²) in [6.45, 7) is 11.3. The largest absolute Gasteiger partial charge is 0.461 e. The third-order valence-electron chi connectivity index (χ3n) is 9.79. The summed E-state index contributed by atoms with van der Waals surface area (Å²) < 4.78 is 46.6. The van der Waals surface area contributed by atoms with E-state index in [1.807, 2.05) is 0 Å². The molecule has 2 aliphatic heterocycles. The Morgan fingerprint density at radius 1 is 0.863 bits per heavy atom. The number of carbonyl (C=O) groups excluding carboxylic acids is 7. The zero-order valence-electron chi connectivity index (χ0n) is 30.1. The zero-order valence-corrected chi connectivity index (χ0v) is 30.1. The molecule has 0 radical (unpaired) electrons. The van der Waals surface area contributed by atoms with E-state index in [9.17, 15) is 38.7 Å². The highest BCUT2D eigenvalue weighted by atomic mass is 16.7. The van der Waals surface area contributed by atoms with Crippen molar-refractivity contribution in [1.29, 1.82) is 0 Å². The average Bonchev–Trinajstić information content (AvgIpc) is 3.75. The molecule has 4 aliphatic rings. The zero-order chi connectivity index (χ0) is 38.2. The summed E-state index contributed by atoms with van der Waals surface area (Å²) in [7, 11) is 0. The van der Waals surface area contributed by atoms with Crippen LogP contribution in [0.15, 0.2) is 23.8 Å². The van der Waals surface area contributed by atoms with Crippen molar-refractivity contribution in [3.05, 3.63) is 23.8 Å². The lowest BCUT2D eigenvalue weighted by Gasteiger charge is -2.59. The first-order chi connectivity index (χ1) is 23.7. The minimum atomic E-state index is -2.43. The fourth-order valence-electron chi connectivity index (χ4n) is 7.63. The van der Waals surface area contributed by atoms with E-state index in [0.717, 1.165) is 27.7 Å². The van der Waals surface area contributed by atoms with Crippen molar-refractivity contribution < 1.29 is 76.6 Å². The number of hydrogen-bond donors (Lipinski definition) is 1. The summed E-state index contributed by atoms with van der Waals surface area (Å²) in [5.41, 5.74) is -5.91. The molecule has 16 heteroatoms. The molecule has 282 valence electrons. The van der Waals surface area contributed by atoms with Gasteiger partial charge in [-0.1, -0.05) is 26.8 Å². The van der Waals surface area contributed by atoms with Gasteiger partial charge in [-0.05, 0) is 30.6 Å². The predicted molar refractivity (Wildman–Crippen MR) is 170 cm³/mol. The van der Waals surface area contributed by atoms with Crippen molar-refractivity contribution in [1.82, 2.24) is 0 Å². The molecule has 0 bridgehead atoms. The lowest BCUT2D eigenvalue weighted by Crippen LogP contribution is -2.76. The normalized spacial score (nSPS) is 38.4. The summed E-state index contributed by atoms with van der Waals surface area (Å²) in [6, 6.07) is 0. The van der Waals surface area contributed by atoms with E-state index >= 15 is 0 Å². The predicted octanol–water partition coefficient (Wildman–Crippen LogP) is 1.43. The van der Waals surface area contributed by atoms with Gasteiger partial charge < -0.3 is 43.0 Å². The maximum Gasteiger partial charge on any atom is 0.312 e. The second-order valence-corrected chi connectivity index (χ2v) is 14.1. The Morgan fingerprint density at radius 3 is 1.92 bits per heavy atom. The first-order valence-corrected chi connectivity index (χ1v) is 16.7. The number of esters is 7. The average molecular weight is 723 g/mol. The number of epoxide rings is 1. The van der Waals surface area contributed by atoms with Crippen molar-refractivity contribution >= 4 is 41.8 Å². The van der Waals surface area contributed by atoms with Gasteiger partial charge in [-0.15, -0.1) is 0 Å². The quantitative estimate of drug-likeness (QED) is 0.202. The second kappa shape index (κ2) is 14.7. The van der Waals surface area contributed by atoms with Crippen molar-refractivity contribution in [3.8, 4) is 0 Å². The van der Waals surface area contributed by atoms with Gasteiger partial charge >= 0.3 is 41.8 Å². The molecule has 0 aromatic carbocycles. The summed E-state index contributed by atoms with van der Waals surface area (Å²) in [5.74, 6) is -8.76. The van der Waals surface area contributed by atoms with Gasteiger partial charge in [0.1, 0.15) is 24.4 Å². The molecule has 0 amide bonds. The van der Waals surface area contributed by atoms with Crippen LogP contribution in [0.4, 0.5) is 0 Å². The van der Waals surface area contributed by atoms with Gasteiger partial charge in [0.25, 0.3) is 0 Å². The maximum atomic E-state index is 13.4. The van der Waals surface area contributed by atoms with Crippen LogP contribution in [0.5, 0.6) is 0 Å². The second-order valence-electron chi connectivity index (χ2n) is 14.1. The van der Waals surface area contributed by atoms with Crippen LogP contribution < -0.4 is 0 Å². The number of carbonyl (C=O) groups is 7. The summed E-state index contributed by atoms with van der Waals surface area (Å²) >= 11 is 0. The van der Waals surface area contributed by atoms with Crippen LogP contribution in [0.2, 0.25) is 0 Å². The SMILES string of the molecule is CC(=O)OCC1=C/[C@@H]2OC(=O)[C@H](C)[C@@]2(O)[C@@H](OC(C)=O)[C@H]2[C@@]3(CO3)[C@H](OC(C)=O)[C@H](OC(=O)CC(C)C)[C@H](OC(C)=O)[C@]2(C)[C@@H](OC(C)=O)/C=C\1. The molecular formula is C35H46O16. The molecule has 2 saturated heterocycles. The highest BCUT2D eigenvalue weighted by Crippen LogP contribution is 2.63. The lowest BCUT2D eigenvalue weighted by molar-refractivity contribution is -0.279. The van der Waals surface area contributed by atoms with Gasteiger partial charge in [-0.3, -0.25) is 33.6 Å². The number of rotatable bonds is 9. The van der Waals surface area contributed by atoms with Crippen LogP contribution in [0.25, 0.3) is 0 Å². The molecule has 0 aromatic rings. The van der Waals surface area contributed by atoms with E-state index in [-0.39, 0.29) is 31.1 Å². The number of fused-ring (bicyclic) bond motifs is 3. The molecule has 11 atom stereocenters. The van der Waals surface area contributed by atoms with E-state index in [1.165, 1.54) is 39.0 Å². The van der Waals surface area contributed by atoms with Gasteiger partial charge in [0.15, 0.2) is 30.0 Å². The van der Waals surface area contributed by atoms with E-state index in [2.05, 4.69) is 0 Å². The number of aliphatic hydroxyl groups is 1. The summed E-state index contributed by atoms with van der Waals surface area (Å²) in [5, 5.41) is 12.8. The highest BCUT2D eigenvalue weighted by molar-refractivity contribution is 5.78. The third-order valence-corrected chi connectivity index (χ3v) is 9.79. The fraction of sp³-hybridized carbons (Fsp3) is 0.686. The minimum Gasteiger partial charge on any atom is -0.461 e. The van der Waals surface area contributed by atoms with Crippen molar-refractivity contribution in [2.75, 3.05) is 13.2 Å². The van der Waals surface area contributed by atoms with Crippen LogP contribution in [0.1, 0.15) is 68.7 Å². The molecule has 4 rings (SSSR count). The molecule has 16 nitrogen and oxygen atoms in total. The van der Waals surface area contributed by atoms with Crippen LogP contribution in [-0.2, 0) is 71.5 Å². The smallest absolute Gasteiger partial charge is 0.312 e. The Bertz CT molecular complexity index is 1510. The van der Waals surface area contributed by atoms with Gasteiger partial charge in [0, 0.05) is 47.0 Å². The highest BCUT2D eigenvalue weighted by Gasteiger charge is 2.81. The van der Waals surface area contributed by atoms with Gasteiger partial charge in [-0.25, -0.2) is 0 Å². The molecule has 51 heavy (non-hydrogen) atoms. The monoisotopic (exact) mass is 722 g/mol. The number of hydrogen-bond acceptors (Lipinski definition) is 16. The van der Waals surface area contributed by atoms with Crippen molar-refractivity contribution in [2.45, 2.75) is 117 Å². The molecule has 2 heterocycles. The molecule has 0 unspecified atom stereocenters. The van der Waals surface area contributed by atoms with Gasteiger partial charge in [-0.2, -0.15) is 0 Å². The van der Waals surface area contributed by atoms with Crippen LogP contribution >= 0.6 is 0 Å². The van der Waals surface area contributed by atoms with Crippen LogP contribution in [-0.4, -0.2) is 108 Å². The summed E-state index contributed by atoms with van der Waals surface area (Å²) in [6.07, 6.45) is -5.58. The summed E-state index contributed by atoms with van der Waals surface area (Å²) in [4.78, 5) is 90.0. The molecule has 0 aromatic heterocycles. The molecule has 1 saturated carbocycles. The van der Waals surface area contributed by atoms with Crippen LogP contribution in [0, 0.1) is 23.2 Å². The molecule has 1 spiro atoms. The van der Waals surface area contributed by atoms with Crippen molar-refractivity contribution in [2.24, 2.45) is 23.2 Å². The van der Waals surface area contributed by atoms with Crippen LogP contribution in [0.3, 0.4) is 0 Å². The Labute approximate surface area is 295 Å². The molecule has 1 N–H and O–H groups in total. The molecular weight excluding hydrogens is 676 g/mol. The van der Waals surface area contributed by atoms with E-state index < -0.39 is 107 Å². The van der Waals surface area contributed by atoms with Gasteiger partial charge in [0.2, 0.25) is 0 Å². The van der Waals surface area contributed by atoms with Gasteiger partial charge in [0.05, 0.1) is 17.9 Å². The molecule has 3 fully saturated rings. The Kier molecular flexibility index (Phi) is 11.4. The Morgan fingerprint density at radius 2 is 1.41 bits per heavy atom. The maximum absolute atomic E-state index is 13.4. The topological polar surface area (TPSA) is 217 Å². The van der Waals surface area contributed by atoms with E-state index in [0.29, 0.717) is 0 Å². The van der Waals surface area contributed by atoms with E-state index in [4.69, 9.17) is 37.9 Å².